The van der Waals surface area contributed by atoms with Gasteiger partial charge in [0.2, 0.25) is 17.1 Å². The summed E-state index contributed by atoms with van der Waals surface area (Å²) >= 11 is 1.87. The van der Waals surface area contributed by atoms with Crippen molar-refractivity contribution in [1.29, 1.82) is 0 Å². The molecule has 32 aromatic rings. The van der Waals surface area contributed by atoms with Gasteiger partial charge in [0.15, 0.2) is 0 Å². The molecule has 8 heterocycles. The van der Waals surface area contributed by atoms with Gasteiger partial charge in [0.25, 0.3) is 0 Å². The van der Waals surface area contributed by atoms with E-state index < -0.39 is 0 Å². The molecule has 0 N–H and O–H groups in total. The van der Waals surface area contributed by atoms with Crippen molar-refractivity contribution in [3.8, 4) is 106 Å². The molecule has 149 heavy (non-hydrogen) atoms. The van der Waals surface area contributed by atoms with Crippen molar-refractivity contribution in [1.82, 2.24) is 34.5 Å². The Bertz CT molecular complexity index is 11200. The minimum absolute atomic E-state index is 0.560. The fourth-order valence-electron chi connectivity index (χ4n) is 22.7. The summed E-state index contributed by atoms with van der Waals surface area (Å²) in [7, 11) is 0. The maximum absolute atomic E-state index is 6.23. The third-order valence-corrected chi connectivity index (χ3v) is 31.1. The number of para-hydroxylation sites is 2. The van der Waals surface area contributed by atoms with Crippen LogP contribution in [-0.4, -0.2) is 34.5 Å². The van der Waals surface area contributed by atoms with Crippen LogP contribution in [0.15, 0.2) is 505 Å². The zero-order chi connectivity index (χ0) is 97.8. The van der Waals surface area contributed by atoms with Gasteiger partial charge >= 0.3 is 0 Å². The zero-order valence-electron chi connectivity index (χ0n) is 80.0. The van der Waals surface area contributed by atoms with Crippen LogP contribution in [0.25, 0.3) is 312 Å². The number of nitrogens with zero attached hydrogens (tertiary/aromatic N) is 7. The van der Waals surface area contributed by atoms with Gasteiger partial charge in [0.1, 0.15) is 33.3 Å². The van der Waals surface area contributed by atoms with Gasteiger partial charge < -0.3 is 17.8 Å². The van der Waals surface area contributed by atoms with Crippen LogP contribution in [0.5, 0.6) is 0 Å². The summed E-state index contributed by atoms with van der Waals surface area (Å²) in [5.41, 5.74) is 36.1. The largest absolute Gasteiger partial charge is 0.436 e. The third kappa shape index (κ3) is 14.5. The summed E-state index contributed by atoms with van der Waals surface area (Å²) < 4.78 is 23.7. The van der Waals surface area contributed by atoms with Crippen LogP contribution in [0.2, 0.25) is 0 Å². The SMILES string of the molecule is c1cc(-c2ccc(-c3cccc4c3sc3ccccc34)cc2)cc(-c2ccc3nc4c(nc3c2)oc2ccc3ccccc3c24)c1.c1cc(-c2cccc(-c3ccc4c5ccccc5c5ccccc5c4c3)c2)cc(-c2ccc3nc4c(nc3c2)oc2ccc3ccccc3c24)c1.c1ccc(-n2c3ccccc3c3cc(-c4cccc(-c5cccc(-c6ccc7nc8c(nc7c6)oc6ccc7ccccc7c68)c5)c4)ccc32)cc1. The van der Waals surface area contributed by atoms with Crippen molar-refractivity contribution in [2.45, 2.75) is 0 Å². The zero-order valence-corrected chi connectivity index (χ0v) is 80.8. The van der Waals surface area contributed by atoms with Gasteiger partial charge in [0, 0.05) is 36.6 Å². The number of fused-ring (bicyclic) bond motifs is 30. The molecular formula is C138H81N7O3S. The van der Waals surface area contributed by atoms with Crippen molar-refractivity contribution < 1.29 is 13.3 Å². The maximum atomic E-state index is 6.23. The molecule has 10 nitrogen and oxygen atoms in total. The second-order valence-electron chi connectivity index (χ2n) is 38.6. The fraction of sp³-hybridized carbons (Fsp3) is 0. The Morgan fingerprint density at radius 2 is 0.483 bits per heavy atom. The molecule has 8 aromatic heterocycles. The molecular weight excluding hydrogens is 1840 g/mol. The predicted molar refractivity (Wildman–Crippen MR) is 622 cm³/mol. The second-order valence-corrected chi connectivity index (χ2v) is 39.6. The topological polar surface area (TPSA) is 122 Å². The van der Waals surface area contributed by atoms with E-state index in [-0.39, 0.29) is 0 Å². The summed E-state index contributed by atoms with van der Waals surface area (Å²) in [5.74, 6) is 0. The van der Waals surface area contributed by atoms with Gasteiger partial charge in [-0.2, -0.15) is 0 Å². The molecule has 0 bridgehead atoms. The summed E-state index contributed by atoms with van der Waals surface area (Å²) in [4.78, 5) is 30.0. The number of furan rings is 3. The Hall–Kier alpha value is -19.7. The van der Waals surface area contributed by atoms with Crippen LogP contribution < -0.4 is 0 Å². The van der Waals surface area contributed by atoms with Gasteiger partial charge in [-0.15, -0.1) is 11.3 Å². The lowest BCUT2D eigenvalue weighted by Crippen LogP contribution is -1.92. The molecule has 11 heteroatoms. The summed E-state index contributed by atoms with van der Waals surface area (Å²) in [5, 5.41) is 22.8. The number of hydrogen-bond acceptors (Lipinski definition) is 10. The molecule has 0 saturated heterocycles. The molecule has 0 aliphatic carbocycles. The van der Waals surface area contributed by atoms with Crippen molar-refractivity contribution >= 4 is 218 Å². The van der Waals surface area contributed by atoms with E-state index in [1.165, 1.54) is 136 Å². The average Bonchev–Trinajstić information content (AvgIpc) is 1.74. The van der Waals surface area contributed by atoms with E-state index in [9.17, 15) is 0 Å². The first-order valence-electron chi connectivity index (χ1n) is 50.3. The molecule has 0 spiro atoms. The average molecular weight is 1920 g/mol. The van der Waals surface area contributed by atoms with Crippen molar-refractivity contribution in [2.24, 2.45) is 0 Å². The molecule has 0 amide bonds. The summed E-state index contributed by atoms with van der Waals surface area (Å²) in [6.45, 7) is 0. The van der Waals surface area contributed by atoms with E-state index in [1.54, 1.807) is 0 Å². The van der Waals surface area contributed by atoms with Crippen LogP contribution in [0.1, 0.15) is 0 Å². The molecule has 32 rings (SSSR count). The third-order valence-electron chi connectivity index (χ3n) is 29.9. The molecule has 0 unspecified atom stereocenters. The van der Waals surface area contributed by atoms with E-state index in [0.717, 1.165) is 159 Å². The highest BCUT2D eigenvalue weighted by atomic mass is 32.1. The number of thiophene rings is 1. The van der Waals surface area contributed by atoms with Crippen LogP contribution in [0.3, 0.4) is 0 Å². The van der Waals surface area contributed by atoms with Crippen LogP contribution in [0, 0.1) is 0 Å². The summed E-state index contributed by atoms with van der Waals surface area (Å²) in [6.07, 6.45) is 0. The molecule has 0 fully saturated rings. The Morgan fingerprint density at radius 3 is 0.926 bits per heavy atom. The molecule has 0 saturated carbocycles. The van der Waals surface area contributed by atoms with Crippen molar-refractivity contribution in [3.05, 3.63) is 491 Å². The quantitative estimate of drug-likeness (QED) is 0.123. The van der Waals surface area contributed by atoms with E-state index in [4.69, 9.17) is 43.2 Å². The Balaban J connectivity index is 0.000000103. The van der Waals surface area contributed by atoms with Crippen LogP contribution >= 0.6 is 11.3 Å². The molecule has 692 valence electrons. The lowest BCUT2D eigenvalue weighted by Gasteiger charge is -2.13. The molecule has 0 aliphatic heterocycles. The second kappa shape index (κ2) is 34.5. The van der Waals surface area contributed by atoms with Gasteiger partial charge in [-0.3, -0.25) is 0 Å². The Morgan fingerprint density at radius 1 is 0.174 bits per heavy atom. The highest BCUT2D eigenvalue weighted by molar-refractivity contribution is 7.26. The van der Waals surface area contributed by atoms with Gasteiger partial charge in [-0.25, -0.2) is 29.9 Å². The minimum atomic E-state index is 0.560. The van der Waals surface area contributed by atoms with E-state index in [1.807, 2.05) is 29.5 Å². The lowest BCUT2D eigenvalue weighted by atomic mass is 9.91. The van der Waals surface area contributed by atoms with Gasteiger partial charge in [0.05, 0.1) is 60.3 Å². The molecule has 0 aliphatic rings. The van der Waals surface area contributed by atoms with Crippen molar-refractivity contribution in [2.75, 3.05) is 0 Å². The van der Waals surface area contributed by atoms with Gasteiger partial charge in [-0.1, -0.05) is 364 Å². The van der Waals surface area contributed by atoms with Crippen LogP contribution in [-0.2, 0) is 0 Å². The maximum Gasteiger partial charge on any atom is 0.246 e. The predicted octanol–water partition coefficient (Wildman–Crippen LogP) is 38.0. The fourth-order valence-corrected chi connectivity index (χ4v) is 24.0. The first-order valence-corrected chi connectivity index (χ1v) is 51.1. The van der Waals surface area contributed by atoms with E-state index in [2.05, 4.69) is 478 Å². The standard InChI is InChI=1S/C48H29N3O.C48H28N2O.C42H24N2OS/c1-2-15-37(16-3-1)51-43-19-7-6-18-39(43)40-28-35(21-24-44(40)51)33-13-8-11-31(26-33)32-12-9-14-34(27-32)36-20-23-41-42(29-36)50-48-47(49-41)46-38-17-5-4-10-30(38)22-25-45(46)52-48;1-2-14-36-29(9-1)21-24-45-46(36)47-48(51-45)50-44-28-35(20-23-43(44)49-47)33-13-8-11-31(26-33)30-10-7-12-32(25-30)34-19-22-41-39-17-4-3-15-37(39)38-16-5-6-18-40(38)42(41)27-34;1-2-10-31-26(7-1)20-22-37-39(31)40-42(45-37)44-36-24-30(19-21-35(36)43-40)29-9-5-8-28(23-29)25-15-17-27(18-16-25)32-12-6-13-34-33-11-3-4-14-38(33)46-41(32)34/h1-29H;1-28H;1-24H. The number of rotatable bonds is 10. The lowest BCUT2D eigenvalue weighted by molar-refractivity contribution is 0.655. The highest BCUT2D eigenvalue weighted by Gasteiger charge is 2.24. The highest BCUT2D eigenvalue weighted by Crippen LogP contribution is 2.47. The van der Waals surface area contributed by atoms with Crippen molar-refractivity contribution in [3.63, 3.8) is 0 Å². The number of aromatic nitrogens is 7. The molecule has 0 atom stereocenters. The molecule has 24 aromatic carbocycles. The smallest absolute Gasteiger partial charge is 0.246 e. The Labute approximate surface area is 856 Å². The number of hydrogen-bond donors (Lipinski definition) is 0. The first kappa shape index (κ1) is 84.9. The monoisotopic (exact) mass is 1920 g/mol. The van der Waals surface area contributed by atoms with Gasteiger partial charge in [-0.05, 0) is 292 Å². The Kier molecular flexibility index (Phi) is 19.7. The summed E-state index contributed by atoms with van der Waals surface area (Å²) in [6, 6.07) is 175. The van der Waals surface area contributed by atoms with Crippen LogP contribution in [0.4, 0.5) is 0 Å². The minimum Gasteiger partial charge on any atom is -0.436 e. The number of benzene rings is 24. The normalized spacial score (nSPS) is 11.9. The molecule has 0 radical (unpaired) electrons. The van der Waals surface area contributed by atoms with E-state index >= 15 is 0 Å². The van der Waals surface area contributed by atoms with E-state index in [0.29, 0.717) is 17.1 Å². The first-order chi connectivity index (χ1) is 73.8.